The molecule has 2 rings (SSSR count). The summed E-state index contributed by atoms with van der Waals surface area (Å²) in [6, 6.07) is 1.86. The molecule has 2 aromatic rings. The van der Waals surface area contributed by atoms with E-state index >= 15 is 0 Å². The van der Waals surface area contributed by atoms with Gasteiger partial charge in [-0.15, -0.1) is 11.3 Å². The van der Waals surface area contributed by atoms with Crippen LogP contribution in [0.5, 0.6) is 0 Å². The first-order chi connectivity index (χ1) is 9.24. The summed E-state index contributed by atoms with van der Waals surface area (Å²) in [6.45, 7) is 0.721. The summed E-state index contributed by atoms with van der Waals surface area (Å²) in [6.07, 6.45) is 6.79. The number of rotatable bonds is 7. The molecular weight excluding hydrogens is 296 g/mol. The van der Waals surface area contributed by atoms with Crippen LogP contribution >= 0.6 is 35.3 Å². The quantitative estimate of drug-likeness (QED) is 0.619. The van der Waals surface area contributed by atoms with Crippen molar-refractivity contribution in [1.82, 2.24) is 9.55 Å². The molecule has 0 fully saturated rings. The van der Waals surface area contributed by atoms with Gasteiger partial charge in [0, 0.05) is 6.54 Å². The van der Waals surface area contributed by atoms with Gasteiger partial charge < -0.3 is 4.98 Å². The molecule has 0 spiro atoms. The molecule has 0 aliphatic carbocycles. The molecule has 0 unspecified atom stereocenters. The zero-order chi connectivity index (χ0) is 13.7. The lowest BCUT2D eigenvalue weighted by atomic mass is 10.2. The molecular formula is C13H18N2OS3. The average Bonchev–Trinajstić information content (AvgIpc) is 2.85. The van der Waals surface area contributed by atoms with Crippen molar-refractivity contribution in [3.63, 3.8) is 0 Å². The minimum atomic E-state index is 0.0455. The van der Waals surface area contributed by atoms with Crippen molar-refractivity contribution in [1.29, 1.82) is 0 Å². The fraction of sp³-hybridized carbons (Fsp3) is 0.538. The number of nitrogens with zero attached hydrogens (tertiary/aromatic N) is 1. The summed E-state index contributed by atoms with van der Waals surface area (Å²) < 4.78 is 2.24. The largest absolute Gasteiger partial charge is 0.323 e. The van der Waals surface area contributed by atoms with E-state index in [2.05, 4.69) is 11.2 Å². The zero-order valence-electron chi connectivity index (χ0n) is 11.0. The van der Waals surface area contributed by atoms with Crippen LogP contribution in [0, 0.1) is 4.77 Å². The highest BCUT2D eigenvalue weighted by atomic mass is 32.2. The van der Waals surface area contributed by atoms with Gasteiger partial charge in [0.15, 0.2) is 4.77 Å². The van der Waals surface area contributed by atoms with Gasteiger partial charge in [0.25, 0.3) is 5.56 Å². The summed E-state index contributed by atoms with van der Waals surface area (Å²) in [5.74, 6) is 1.22. The van der Waals surface area contributed by atoms with Gasteiger partial charge in [-0.25, -0.2) is 0 Å². The van der Waals surface area contributed by atoms with Crippen LogP contribution in [-0.4, -0.2) is 21.6 Å². The number of aromatic amines is 1. The molecule has 0 amide bonds. The van der Waals surface area contributed by atoms with Gasteiger partial charge in [0.05, 0.1) is 5.39 Å². The Labute approximate surface area is 126 Å². The molecule has 0 aliphatic rings. The molecule has 19 heavy (non-hydrogen) atoms. The summed E-state index contributed by atoms with van der Waals surface area (Å²) in [4.78, 5) is 16.3. The van der Waals surface area contributed by atoms with E-state index in [0.29, 0.717) is 4.77 Å². The van der Waals surface area contributed by atoms with E-state index in [1.165, 1.54) is 29.9 Å². The molecule has 0 bridgehead atoms. The molecule has 0 aliphatic heterocycles. The van der Waals surface area contributed by atoms with E-state index in [9.17, 15) is 4.79 Å². The van der Waals surface area contributed by atoms with E-state index in [4.69, 9.17) is 12.2 Å². The highest BCUT2D eigenvalue weighted by molar-refractivity contribution is 7.98. The monoisotopic (exact) mass is 314 g/mol. The summed E-state index contributed by atoms with van der Waals surface area (Å²) in [7, 11) is 0. The molecule has 2 aromatic heterocycles. The van der Waals surface area contributed by atoms with Gasteiger partial charge in [0.2, 0.25) is 0 Å². The van der Waals surface area contributed by atoms with Crippen molar-refractivity contribution in [2.24, 2.45) is 0 Å². The molecule has 3 nitrogen and oxygen atoms in total. The smallest absolute Gasteiger partial charge is 0.263 e. The Morgan fingerprint density at radius 1 is 1.37 bits per heavy atom. The molecule has 0 aromatic carbocycles. The zero-order valence-corrected chi connectivity index (χ0v) is 13.4. The SMILES string of the molecule is CSCCCCCCn1c(=S)[nH]c2sccc2c1=O. The van der Waals surface area contributed by atoms with E-state index in [0.717, 1.165) is 29.6 Å². The summed E-state index contributed by atoms with van der Waals surface area (Å²) in [5.41, 5.74) is 0.0455. The number of hydrogen-bond donors (Lipinski definition) is 1. The first-order valence-electron chi connectivity index (χ1n) is 6.43. The topological polar surface area (TPSA) is 37.8 Å². The number of fused-ring (bicyclic) bond motifs is 1. The van der Waals surface area contributed by atoms with Crippen molar-refractivity contribution < 1.29 is 0 Å². The number of H-pyrrole nitrogens is 1. The number of nitrogens with one attached hydrogen (secondary N) is 1. The normalized spacial score (nSPS) is 11.2. The van der Waals surface area contributed by atoms with Gasteiger partial charge >= 0.3 is 0 Å². The van der Waals surface area contributed by atoms with Crippen molar-refractivity contribution in [3.8, 4) is 0 Å². The van der Waals surface area contributed by atoms with Crippen LogP contribution in [0.2, 0.25) is 0 Å². The highest BCUT2D eigenvalue weighted by Gasteiger charge is 2.05. The highest BCUT2D eigenvalue weighted by Crippen LogP contribution is 2.14. The Morgan fingerprint density at radius 2 is 2.16 bits per heavy atom. The van der Waals surface area contributed by atoms with E-state index < -0.39 is 0 Å². The lowest BCUT2D eigenvalue weighted by Crippen LogP contribution is -2.21. The molecule has 1 N–H and O–H groups in total. The summed E-state index contributed by atoms with van der Waals surface area (Å²) >= 11 is 8.67. The second-order valence-electron chi connectivity index (χ2n) is 4.46. The van der Waals surface area contributed by atoms with Gasteiger partial charge in [-0.1, -0.05) is 12.8 Å². The Bertz CT molecular complexity index is 641. The van der Waals surface area contributed by atoms with Crippen LogP contribution < -0.4 is 5.56 Å². The lowest BCUT2D eigenvalue weighted by molar-refractivity contribution is 0.564. The van der Waals surface area contributed by atoms with Gasteiger partial charge in [-0.3, -0.25) is 9.36 Å². The Kier molecular flexibility index (Phi) is 5.66. The number of thiophene rings is 1. The van der Waals surface area contributed by atoms with Crippen LogP contribution in [0.25, 0.3) is 10.2 Å². The maximum absolute atomic E-state index is 12.3. The van der Waals surface area contributed by atoms with Crippen molar-refractivity contribution >= 4 is 45.5 Å². The average molecular weight is 315 g/mol. The number of unbranched alkanes of at least 4 members (excludes halogenated alkanes) is 3. The number of thioether (sulfide) groups is 1. The molecule has 2 heterocycles. The van der Waals surface area contributed by atoms with Crippen LogP contribution in [-0.2, 0) is 6.54 Å². The second kappa shape index (κ2) is 7.26. The summed E-state index contributed by atoms with van der Waals surface area (Å²) in [5, 5.41) is 2.67. The molecule has 0 atom stereocenters. The van der Waals surface area contributed by atoms with Gasteiger partial charge in [-0.05, 0) is 48.5 Å². The minimum Gasteiger partial charge on any atom is -0.323 e. The maximum Gasteiger partial charge on any atom is 0.263 e. The second-order valence-corrected chi connectivity index (χ2v) is 6.75. The van der Waals surface area contributed by atoms with Gasteiger partial charge in [0.1, 0.15) is 4.83 Å². The maximum atomic E-state index is 12.3. The van der Waals surface area contributed by atoms with Crippen molar-refractivity contribution in [3.05, 3.63) is 26.6 Å². The van der Waals surface area contributed by atoms with Crippen molar-refractivity contribution in [2.75, 3.05) is 12.0 Å². The standard InChI is InChI=1S/C13H18N2OS3/c1-18-8-5-3-2-4-7-15-12(16)10-6-9-19-11(10)14-13(15)17/h6,9H,2-5,7-8H2,1H3,(H,14,17). The first kappa shape index (κ1) is 14.8. The van der Waals surface area contributed by atoms with Crippen LogP contribution in [0.15, 0.2) is 16.2 Å². The number of aromatic nitrogens is 2. The predicted octanol–water partition coefficient (Wildman–Crippen LogP) is 4.04. The third-order valence-corrected chi connectivity index (χ3v) is 4.94. The Morgan fingerprint density at radius 3 is 2.95 bits per heavy atom. The van der Waals surface area contributed by atoms with Crippen LogP contribution in [0.3, 0.4) is 0 Å². The van der Waals surface area contributed by atoms with E-state index in [1.807, 2.05) is 23.2 Å². The fourth-order valence-corrected chi connectivity index (χ4v) is 3.66. The molecule has 0 saturated carbocycles. The molecule has 6 heteroatoms. The third kappa shape index (κ3) is 3.70. The first-order valence-corrected chi connectivity index (χ1v) is 9.11. The molecule has 0 radical (unpaired) electrons. The molecule has 104 valence electrons. The van der Waals surface area contributed by atoms with Crippen LogP contribution in [0.1, 0.15) is 25.7 Å². The Hall–Kier alpha value is -0.590. The lowest BCUT2D eigenvalue weighted by Gasteiger charge is -2.06. The van der Waals surface area contributed by atoms with E-state index in [-0.39, 0.29) is 5.56 Å². The van der Waals surface area contributed by atoms with E-state index in [1.54, 1.807) is 4.57 Å². The van der Waals surface area contributed by atoms with Gasteiger partial charge in [-0.2, -0.15) is 11.8 Å². The minimum absolute atomic E-state index is 0.0455. The number of hydrogen-bond acceptors (Lipinski definition) is 4. The third-order valence-electron chi connectivity index (χ3n) is 3.09. The fourth-order valence-electron chi connectivity index (χ4n) is 2.05. The molecule has 0 saturated heterocycles. The Balaban J connectivity index is 2.00. The van der Waals surface area contributed by atoms with Crippen LogP contribution in [0.4, 0.5) is 0 Å². The van der Waals surface area contributed by atoms with Crippen molar-refractivity contribution in [2.45, 2.75) is 32.2 Å². The predicted molar refractivity (Wildman–Crippen MR) is 88.1 cm³/mol.